The van der Waals surface area contributed by atoms with E-state index in [4.69, 9.17) is 9.97 Å². The van der Waals surface area contributed by atoms with Crippen LogP contribution in [0.3, 0.4) is 0 Å². The molecule has 1 aliphatic rings. The maximum absolute atomic E-state index is 12.6. The molecule has 6 aromatic rings. The van der Waals surface area contributed by atoms with Crippen molar-refractivity contribution in [2.45, 2.75) is 13.0 Å². The van der Waals surface area contributed by atoms with Gasteiger partial charge < -0.3 is 4.98 Å². The van der Waals surface area contributed by atoms with Crippen LogP contribution in [0.1, 0.15) is 12.0 Å². The van der Waals surface area contributed by atoms with Crippen molar-refractivity contribution in [3.8, 4) is 22.5 Å². The fourth-order valence-electron chi connectivity index (χ4n) is 5.21. The van der Waals surface area contributed by atoms with Crippen molar-refractivity contribution >= 4 is 39.1 Å². The number of H-pyrrole nitrogens is 1. The summed E-state index contributed by atoms with van der Waals surface area (Å²) in [7, 11) is 0. The molecule has 3 aromatic heterocycles. The van der Waals surface area contributed by atoms with Crippen LogP contribution in [0.2, 0.25) is 0 Å². The molecule has 0 saturated heterocycles. The van der Waals surface area contributed by atoms with Crippen LogP contribution in [0.5, 0.6) is 0 Å². The Bertz CT molecular complexity index is 1850. The second kappa shape index (κ2) is 9.52. The minimum Gasteiger partial charge on any atom is -0.305 e. The summed E-state index contributed by atoms with van der Waals surface area (Å²) in [6.07, 6.45) is 3.01. The Morgan fingerprint density at radius 3 is 2.21 bits per heavy atom. The van der Waals surface area contributed by atoms with E-state index in [1.54, 1.807) is 11.3 Å². The van der Waals surface area contributed by atoms with Crippen molar-refractivity contribution < 1.29 is 0 Å². The van der Waals surface area contributed by atoms with E-state index in [0.29, 0.717) is 0 Å². The van der Waals surface area contributed by atoms with Crippen LogP contribution in [-0.4, -0.2) is 37.5 Å². The van der Waals surface area contributed by atoms with Crippen molar-refractivity contribution in [3.05, 3.63) is 112 Å². The SMILES string of the molecule is O=c1[nH]c2ccccc2n1C1=CCN(Cc2ccc(-c3nc4cscc4nc3-c3ccccc3)cc2)CC1. The minimum atomic E-state index is -0.0694. The predicted molar refractivity (Wildman–Crippen MR) is 155 cm³/mol. The normalized spacial score (nSPS) is 14.3. The Morgan fingerprint density at radius 1 is 0.816 bits per heavy atom. The highest BCUT2D eigenvalue weighted by molar-refractivity contribution is 7.09. The number of aromatic amines is 1. The van der Waals surface area contributed by atoms with E-state index >= 15 is 0 Å². The van der Waals surface area contributed by atoms with Gasteiger partial charge in [0.2, 0.25) is 0 Å². The minimum absolute atomic E-state index is 0.0694. The van der Waals surface area contributed by atoms with Gasteiger partial charge in [-0.2, -0.15) is 0 Å². The van der Waals surface area contributed by atoms with Gasteiger partial charge in [0, 0.05) is 53.6 Å². The standard InChI is InChI=1S/C31H25N5OS/c37-31-34-25-8-4-5-9-28(25)36(31)24-14-16-35(17-15-24)18-21-10-12-23(13-11-21)30-29(22-6-2-1-3-7-22)32-26-19-38-20-27(26)33-30/h1-14,19-20H,15-18H2,(H,34,37). The van der Waals surface area contributed by atoms with Crippen LogP contribution in [0.4, 0.5) is 0 Å². The van der Waals surface area contributed by atoms with Gasteiger partial charge in [0.05, 0.1) is 22.4 Å². The molecule has 38 heavy (non-hydrogen) atoms. The Morgan fingerprint density at radius 2 is 1.50 bits per heavy atom. The highest BCUT2D eigenvalue weighted by atomic mass is 32.1. The summed E-state index contributed by atoms with van der Waals surface area (Å²) in [5.74, 6) is 0. The number of thiophene rings is 1. The average molecular weight is 516 g/mol. The predicted octanol–water partition coefficient (Wildman–Crippen LogP) is 6.42. The third-order valence-electron chi connectivity index (χ3n) is 7.14. The van der Waals surface area contributed by atoms with Crippen LogP contribution in [-0.2, 0) is 6.54 Å². The van der Waals surface area contributed by atoms with Gasteiger partial charge in [0.15, 0.2) is 0 Å². The smallest absolute Gasteiger partial charge is 0.305 e. The molecule has 0 atom stereocenters. The van der Waals surface area contributed by atoms with Crippen molar-refractivity contribution in [2.75, 3.05) is 13.1 Å². The molecule has 3 aromatic carbocycles. The van der Waals surface area contributed by atoms with Crippen LogP contribution in [0.15, 0.2) is 100 Å². The van der Waals surface area contributed by atoms with Crippen molar-refractivity contribution in [3.63, 3.8) is 0 Å². The summed E-state index contributed by atoms with van der Waals surface area (Å²) >= 11 is 1.63. The molecule has 1 N–H and O–H groups in total. The number of fused-ring (bicyclic) bond motifs is 2. The molecule has 0 unspecified atom stereocenters. The average Bonchev–Trinajstić information content (AvgIpc) is 3.56. The van der Waals surface area contributed by atoms with Crippen LogP contribution in [0, 0.1) is 0 Å². The molecule has 0 fully saturated rings. The van der Waals surface area contributed by atoms with Crippen LogP contribution in [0.25, 0.3) is 50.3 Å². The third-order valence-corrected chi connectivity index (χ3v) is 7.86. The number of rotatable bonds is 5. The van der Waals surface area contributed by atoms with Crippen LogP contribution < -0.4 is 5.69 Å². The Kier molecular flexibility index (Phi) is 5.72. The number of benzene rings is 3. The zero-order valence-corrected chi connectivity index (χ0v) is 21.5. The number of imidazole rings is 1. The molecule has 0 amide bonds. The summed E-state index contributed by atoms with van der Waals surface area (Å²) in [6.45, 7) is 2.56. The Hall–Kier alpha value is -4.33. The van der Waals surface area contributed by atoms with Gasteiger partial charge in [-0.15, -0.1) is 11.3 Å². The largest absolute Gasteiger partial charge is 0.330 e. The molecule has 6 nitrogen and oxygen atoms in total. The lowest BCUT2D eigenvalue weighted by Gasteiger charge is -2.26. The van der Waals surface area contributed by atoms with Gasteiger partial charge in [-0.25, -0.2) is 14.8 Å². The number of para-hydroxylation sites is 2. The molecule has 4 heterocycles. The van der Waals surface area contributed by atoms with E-state index in [9.17, 15) is 4.79 Å². The van der Waals surface area contributed by atoms with E-state index in [-0.39, 0.29) is 5.69 Å². The fourth-order valence-corrected chi connectivity index (χ4v) is 5.88. The summed E-state index contributed by atoms with van der Waals surface area (Å²) in [6, 6.07) is 26.8. The number of nitrogens with zero attached hydrogens (tertiary/aromatic N) is 4. The number of hydrogen-bond acceptors (Lipinski definition) is 5. The maximum Gasteiger partial charge on any atom is 0.330 e. The van der Waals surface area contributed by atoms with Crippen molar-refractivity contribution in [2.24, 2.45) is 0 Å². The summed E-state index contributed by atoms with van der Waals surface area (Å²) in [5.41, 5.74) is 9.86. The van der Waals surface area contributed by atoms with Gasteiger partial charge in [-0.05, 0) is 17.7 Å². The zero-order valence-electron chi connectivity index (χ0n) is 20.7. The lowest BCUT2D eigenvalue weighted by molar-refractivity contribution is 0.291. The first-order valence-corrected chi connectivity index (χ1v) is 13.7. The summed E-state index contributed by atoms with van der Waals surface area (Å²) < 4.78 is 1.82. The van der Waals surface area contributed by atoms with Crippen molar-refractivity contribution in [1.29, 1.82) is 0 Å². The van der Waals surface area contributed by atoms with Crippen LogP contribution >= 0.6 is 11.3 Å². The third kappa shape index (κ3) is 4.16. The molecule has 0 spiro atoms. The molecule has 1 aliphatic heterocycles. The Balaban J connectivity index is 1.12. The second-order valence-electron chi connectivity index (χ2n) is 9.59. The molecule has 0 aliphatic carbocycles. The van der Waals surface area contributed by atoms with E-state index in [2.05, 4.69) is 63.1 Å². The molecule has 7 heteroatoms. The van der Waals surface area contributed by atoms with Gasteiger partial charge in [0.25, 0.3) is 0 Å². The molecule has 7 rings (SSSR count). The molecule has 186 valence electrons. The summed E-state index contributed by atoms with van der Waals surface area (Å²) in [5, 5.41) is 4.10. The molecular formula is C31H25N5OS. The lowest BCUT2D eigenvalue weighted by Crippen LogP contribution is -2.30. The lowest BCUT2D eigenvalue weighted by atomic mass is 10.0. The highest BCUT2D eigenvalue weighted by Crippen LogP contribution is 2.32. The maximum atomic E-state index is 12.6. The van der Waals surface area contributed by atoms with Gasteiger partial charge >= 0.3 is 5.69 Å². The second-order valence-corrected chi connectivity index (χ2v) is 10.3. The first-order valence-electron chi connectivity index (χ1n) is 12.7. The van der Waals surface area contributed by atoms with Gasteiger partial charge in [-0.1, -0.05) is 72.8 Å². The highest BCUT2D eigenvalue weighted by Gasteiger charge is 2.18. The topological polar surface area (TPSA) is 66.8 Å². The first kappa shape index (κ1) is 22.8. The fraction of sp³-hybridized carbons (Fsp3) is 0.129. The van der Waals surface area contributed by atoms with Gasteiger partial charge in [-0.3, -0.25) is 9.47 Å². The quantitative estimate of drug-likeness (QED) is 0.288. The van der Waals surface area contributed by atoms with E-state index < -0.39 is 0 Å². The number of aromatic nitrogens is 4. The zero-order chi connectivity index (χ0) is 25.5. The van der Waals surface area contributed by atoms with Gasteiger partial charge in [0.1, 0.15) is 11.0 Å². The molecule has 0 bridgehead atoms. The summed E-state index contributed by atoms with van der Waals surface area (Å²) in [4.78, 5) is 27.9. The molecule has 0 saturated carbocycles. The monoisotopic (exact) mass is 515 g/mol. The van der Waals surface area contributed by atoms with E-state index in [1.165, 1.54) is 5.56 Å². The molecule has 0 radical (unpaired) electrons. The Labute approximate surface area is 223 Å². The molecular weight excluding hydrogens is 490 g/mol. The first-order chi connectivity index (χ1) is 18.7. The van der Waals surface area contributed by atoms with Crippen molar-refractivity contribution in [1.82, 2.24) is 24.4 Å². The number of nitrogens with one attached hydrogen (secondary N) is 1. The van der Waals surface area contributed by atoms with E-state index in [1.807, 2.05) is 47.0 Å². The number of hydrogen-bond donors (Lipinski definition) is 1. The van der Waals surface area contributed by atoms with E-state index in [0.717, 1.165) is 76.3 Å².